The highest BCUT2D eigenvalue weighted by atomic mass is 32.1. The third-order valence-electron chi connectivity index (χ3n) is 4.24. The van der Waals surface area contributed by atoms with Gasteiger partial charge in [-0.2, -0.15) is 0 Å². The molecule has 2 fully saturated rings. The fourth-order valence-corrected chi connectivity index (χ4v) is 3.62. The molecule has 0 bridgehead atoms. The maximum absolute atomic E-state index is 5.63. The standard InChI is InChI=1S/C14H27N3S/c1-12-11-16(2)9-6-10-17(12)14(18)15-13-7-4-3-5-8-13/h12-13H,3-11H2,1-2H3,(H,15,18). The van der Waals surface area contributed by atoms with Crippen LogP contribution in [0.4, 0.5) is 0 Å². The zero-order chi connectivity index (χ0) is 13.0. The molecule has 0 aromatic heterocycles. The lowest BCUT2D eigenvalue weighted by Crippen LogP contribution is -2.50. The van der Waals surface area contributed by atoms with Gasteiger partial charge in [-0.3, -0.25) is 0 Å². The summed E-state index contributed by atoms with van der Waals surface area (Å²) in [6.45, 7) is 5.69. The summed E-state index contributed by atoms with van der Waals surface area (Å²) in [5.74, 6) is 0. The molecule has 0 aromatic rings. The smallest absolute Gasteiger partial charge is 0.169 e. The van der Waals surface area contributed by atoms with Crippen molar-refractivity contribution < 1.29 is 0 Å². The molecule has 1 saturated heterocycles. The molecule has 1 N–H and O–H groups in total. The Hall–Kier alpha value is -0.350. The fourth-order valence-electron chi connectivity index (χ4n) is 3.18. The Labute approximate surface area is 117 Å². The topological polar surface area (TPSA) is 18.5 Å². The molecule has 0 amide bonds. The summed E-state index contributed by atoms with van der Waals surface area (Å²) in [4.78, 5) is 4.81. The van der Waals surface area contributed by atoms with Gasteiger partial charge in [0, 0.05) is 25.2 Å². The molecule has 4 heteroatoms. The second kappa shape index (κ2) is 6.71. The van der Waals surface area contributed by atoms with Crippen LogP contribution >= 0.6 is 12.2 Å². The van der Waals surface area contributed by atoms with Crippen molar-refractivity contribution in [3.8, 4) is 0 Å². The molecule has 1 aliphatic heterocycles. The summed E-state index contributed by atoms with van der Waals surface area (Å²) in [6, 6.07) is 1.15. The molecule has 3 nitrogen and oxygen atoms in total. The van der Waals surface area contributed by atoms with Crippen molar-refractivity contribution in [2.45, 2.75) is 57.5 Å². The van der Waals surface area contributed by atoms with Gasteiger partial charge in [-0.1, -0.05) is 19.3 Å². The number of hydrogen-bond acceptors (Lipinski definition) is 2. The molecule has 1 saturated carbocycles. The minimum absolute atomic E-state index is 0.529. The van der Waals surface area contributed by atoms with Crippen molar-refractivity contribution in [3.63, 3.8) is 0 Å². The van der Waals surface area contributed by atoms with E-state index in [4.69, 9.17) is 12.2 Å². The summed E-state index contributed by atoms with van der Waals surface area (Å²) in [7, 11) is 2.21. The Balaban J connectivity index is 1.86. The van der Waals surface area contributed by atoms with E-state index in [1.165, 1.54) is 45.1 Å². The average Bonchev–Trinajstić information content (AvgIpc) is 2.51. The largest absolute Gasteiger partial charge is 0.360 e. The molecule has 2 aliphatic rings. The average molecular weight is 269 g/mol. The normalized spacial score (nSPS) is 27.9. The van der Waals surface area contributed by atoms with Crippen molar-refractivity contribution in [2.75, 3.05) is 26.7 Å². The predicted molar refractivity (Wildman–Crippen MR) is 80.9 cm³/mol. The molecule has 0 aromatic carbocycles. The number of likely N-dealkylation sites (N-methyl/N-ethyl adjacent to an activating group) is 1. The first-order valence-electron chi connectivity index (χ1n) is 7.42. The predicted octanol–water partition coefficient (Wildman–Crippen LogP) is 2.22. The Morgan fingerprint density at radius 2 is 1.83 bits per heavy atom. The first kappa shape index (κ1) is 14.1. The summed E-state index contributed by atoms with van der Waals surface area (Å²) >= 11 is 5.63. The van der Waals surface area contributed by atoms with Crippen LogP contribution in [0.15, 0.2) is 0 Å². The van der Waals surface area contributed by atoms with Gasteiger partial charge in [0.25, 0.3) is 0 Å². The van der Waals surface area contributed by atoms with Crippen molar-refractivity contribution >= 4 is 17.3 Å². The molecule has 1 unspecified atom stereocenters. The number of nitrogens with one attached hydrogen (secondary N) is 1. The Kier molecular flexibility index (Phi) is 5.25. The summed E-state index contributed by atoms with van der Waals surface area (Å²) in [6.07, 6.45) is 7.92. The molecule has 104 valence electrons. The van der Waals surface area contributed by atoms with Crippen LogP contribution in [0.25, 0.3) is 0 Å². The zero-order valence-corrected chi connectivity index (χ0v) is 12.6. The van der Waals surface area contributed by atoms with Crippen LogP contribution in [0.5, 0.6) is 0 Å². The van der Waals surface area contributed by atoms with Crippen LogP contribution in [-0.2, 0) is 0 Å². The Bertz CT molecular complexity index is 276. The minimum atomic E-state index is 0.529. The van der Waals surface area contributed by atoms with Crippen LogP contribution in [0, 0.1) is 0 Å². The van der Waals surface area contributed by atoms with Gasteiger partial charge in [0.05, 0.1) is 0 Å². The van der Waals surface area contributed by atoms with Crippen LogP contribution in [-0.4, -0.2) is 53.7 Å². The molecule has 0 radical (unpaired) electrons. The lowest BCUT2D eigenvalue weighted by molar-refractivity contribution is 0.279. The summed E-state index contributed by atoms with van der Waals surface area (Å²) in [5, 5.41) is 4.59. The van der Waals surface area contributed by atoms with Gasteiger partial charge in [0.1, 0.15) is 0 Å². The van der Waals surface area contributed by atoms with Gasteiger partial charge >= 0.3 is 0 Å². The van der Waals surface area contributed by atoms with E-state index in [0.717, 1.165) is 18.2 Å². The minimum Gasteiger partial charge on any atom is -0.360 e. The van der Waals surface area contributed by atoms with Crippen LogP contribution in [0.1, 0.15) is 45.4 Å². The maximum Gasteiger partial charge on any atom is 0.169 e. The van der Waals surface area contributed by atoms with Crippen molar-refractivity contribution in [3.05, 3.63) is 0 Å². The van der Waals surface area contributed by atoms with Crippen molar-refractivity contribution in [1.29, 1.82) is 0 Å². The van der Waals surface area contributed by atoms with Crippen molar-refractivity contribution in [1.82, 2.24) is 15.1 Å². The highest BCUT2D eigenvalue weighted by Crippen LogP contribution is 2.18. The number of thiocarbonyl (C=S) groups is 1. The summed E-state index contributed by atoms with van der Waals surface area (Å²) < 4.78 is 0. The fraction of sp³-hybridized carbons (Fsp3) is 0.929. The lowest BCUT2D eigenvalue weighted by Gasteiger charge is -2.34. The Morgan fingerprint density at radius 3 is 2.56 bits per heavy atom. The van der Waals surface area contributed by atoms with Gasteiger partial charge in [0.15, 0.2) is 5.11 Å². The van der Waals surface area contributed by atoms with Gasteiger partial charge in [0.2, 0.25) is 0 Å². The molecule has 18 heavy (non-hydrogen) atoms. The molecule has 1 aliphatic carbocycles. The molecule has 2 rings (SSSR count). The van der Waals surface area contributed by atoms with Crippen LogP contribution < -0.4 is 5.32 Å². The lowest BCUT2D eigenvalue weighted by atomic mass is 9.96. The number of rotatable bonds is 1. The van der Waals surface area contributed by atoms with E-state index in [1.54, 1.807) is 0 Å². The number of nitrogens with zero attached hydrogens (tertiary/aromatic N) is 2. The molecule has 1 atom stereocenters. The summed E-state index contributed by atoms with van der Waals surface area (Å²) in [5.41, 5.74) is 0. The van der Waals surface area contributed by atoms with Gasteiger partial charge in [-0.25, -0.2) is 0 Å². The number of hydrogen-bond donors (Lipinski definition) is 1. The molecular weight excluding hydrogens is 242 g/mol. The monoisotopic (exact) mass is 269 g/mol. The van der Waals surface area contributed by atoms with E-state index in [2.05, 4.69) is 29.1 Å². The van der Waals surface area contributed by atoms with E-state index < -0.39 is 0 Å². The van der Waals surface area contributed by atoms with E-state index >= 15 is 0 Å². The zero-order valence-electron chi connectivity index (χ0n) is 11.8. The SMILES string of the molecule is CC1CN(C)CCCN1C(=S)NC1CCCCC1. The highest BCUT2D eigenvalue weighted by molar-refractivity contribution is 7.80. The Morgan fingerprint density at radius 1 is 1.11 bits per heavy atom. The third-order valence-corrected chi connectivity index (χ3v) is 4.59. The van der Waals surface area contributed by atoms with E-state index in [0.29, 0.717) is 12.1 Å². The van der Waals surface area contributed by atoms with Crippen LogP contribution in [0.2, 0.25) is 0 Å². The first-order valence-corrected chi connectivity index (χ1v) is 7.83. The molecule has 1 heterocycles. The first-order chi connectivity index (χ1) is 8.66. The van der Waals surface area contributed by atoms with Gasteiger partial charge in [-0.05, 0) is 52.0 Å². The van der Waals surface area contributed by atoms with E-state index in [1.807, 2.05) is 0 Å². The molecule has 0 spiro atoms. The second-order valence-electron chi connectivity index (χ2n) is 5.94. The highest BCUT2D eigenvalue weighted by Gasteiger charge is 2.23. The second-order valence-corrected chi connectivity index (χ2v) is 6.33. The quantitative estimate of drug-likeness (QED) is 0.736. The molecular formula is C14H27N3S. The van der Waals surface area contributed by atoms with Gasteiger partial charge < -0.3 is 15.1 Å². The maximum atomic E-state index is 5.63. The van der Waals surface area contributed by atoms with Crippen LogP contribution in [0.3, 0.4) is 0 Å². The van der Waals surface area contributed by atoms with Gasteiger partial charge in [-0.15, -0.1) is 0 Å². The third kappa shape index (κ3) is 3.82. The van der Waals surface area contributed by atoms with E-state index in [-0.39, 0.29) is 0 Å². The van der Waals surface area contributed by atoms with E-state index in [9.17, 15) is 0 Å². The van der Waals surface area contributed by atoms with Crippen molar-refractivity contribution in [2.24, 2.45) is 0 Å².